The summed E-state index contributed by atoms with van der Waals surface area (Å²) in [5.74, 6) is -0.324. The number of ether oxygens (including phenoxy) is 3. The number of benzene rings is 4. The molecule has 3 saturated heterocycles. The number of carbonyl (C=O) groups is 4. The third kappa shape index (κ3) is 8.45. The van der Waals surface area contributed by atoms with E-state index in [4.69, 9.17) is 14.2 Å². The molecule has 4 aliphatic rings. The average Bonchev–Trinajstić information content (AvgIpc) is 3.87. The minimum absolute atomic E-state index is 0.00477. The maximum Gasteiger partial charge on any atom is 0.305 e. The van der Waals surface area contributed by atoms with Crippen molar-refractivity contribution in [3.05, 3.63) is 114 Å². The SMILES string of the molecule is COC(=O)CCCCN1C(=O)[C@]2(O[C@H](CC(=O)N(CCO)Cc3ccccc3)[C@@H]([Si](C)(C)c3ccc(OC)cc3)[C@@H]2C)c2cc(N3CN(c4ccccc4)C4(CCNCC4)C3=O)ccc21. The first-order chi connectivity index (χ1) is 31.4. The Morgan fingerprint density at radius 1 is 0.892 bits per heavy atom. The van der Waals surface area contributed by atoms with Crippen LogP contribution in [0.3, 0.4) is 0 Å². The van der Waals surface area contributed by atoms with Crippen LogP contribution in [0.15, 0.2) is 103 Å². The van der Waals surface area contributed by atoms with Gasteiger partial charge in [-0.1, -0.05) is 85.9 Å². The minimum Gasteiger partial charge on any atom is -0.497 e. The first-order valence-corrected chi connectivity index (χ1v) is 26.1. The molecule has 4 heterocycles. The van der Waals surface area contributed by atoms with Crippen LogP contribution in [-0.4, -0.2) is 107 Å². The molecule has 344 valence electrons. The number of carbonyl (C=O) groups excluding carboxylic acids is 4. The van der Waals surface area contributed by atoms with E-state index < -0.39 is 31.2 Å². The number of piperidine rings is 1. The van der Waals surface area contributed by atoms with Crippen molar-refractivity contribution in [3.63, 3.8) is 0 Å². The van der Waals surface area contributed by atoms with Gasteiger partial charge in [-0.3, -0.25) is 24.1 Å². The maximum absolute atomic E-state index is 15.6. The average molecular weight is 902 g/mol. The van der Waals surface area contributed by atoms with Crippen molar-refractivity contribution in [2.75, 3.05) is 68.4 Å². The summed E-state index contributed by atoms with van der Waals surface area (Å²) in [4.78, 5) is 65.0. The molecule has 14 heteroatoms. The van der Waals surface area contributed by atoms with E-state index in [1.165, 1.54) is 7.11 Å². The van der Waals surface area contributed by atoms with Gasteiger partial charge in [-0.25, -0.2) is 0 Å². The van der Waals surface area contributed by atoms with Crippen LogP contribution in [0.1, 0.15) is 56.6 Å². The van der Waals surface area contributed by atoms with Crippen LogP contribution >= 0.6 is 0 Å². The molecule has 0 aliphatic carbocycles. The number of aliphatic hydroxyl groups is 1. The number of hydrogen-bond acceptors (Lipinski definition) is 10. The van der Waals surface area contributed by atoms with Gasteiger partial charge >= 0.3 is 5.97 Å². The first kappa shape index (κ1) is 46.0. The second-order valence-corrected chi connectivity index (χ2v) is 23.2. The third-order valence-electron chi connectivity index (χ3n) is 14.6. The Balaban J connectivity index is 1.22. The van der Waals surface area contributed by atoms with Crippen molar-refractivity contribution in [3.8, 4) is 5.75 Å². The van der Waals surface area contributed by atoms with Gasteiger partial charge in [0.2, 0.25) is 5.91 Å². The number of amides is 3. The molecule has 4 aromatic carbocycles. The van der Waals surface area contributed by atoms with Crippen molar-refractivity contribution in [1.29, 1.82) is 0 Å². The molecule has 4 aliphatic heterocycles. The van der Waals surface area contributed by atoms with E-state index in [1.54, 1.807) is 16.9 Å². The highest BCUT2D eigenvalue weighted by Gasteiger charge is 2.67. The van der Waals surface area contributed by atoms with E-state index in [9.17, 15) is 19.5 Å². The lowest BCUT2D eigenvalue weighted by Gasteiger charge is -2.39. The molecule has 0 aromatic heterocycles. The number of hydrogen-bond donors (Lipinski definition) is 2. The maximum atomic E-state index is 15.6. The predicted molar refractivity (Wildman–Crippen MR) is 254 cm³/mol. The van der Waals surface area contributed by atoms with Crippen molar-refractivity contribution in [1.82, 2.24) is 10.2 Å². The molecule has 3 amide bonds. The lowest BCUT2D eigenvalue weighted by Crippen LogP contribution is -2.55. The number of methoxy groups -OCH3 is 2. The largest absolute Gasteiger partial charge is 0.497 e. The quantitative estimate of drug-likeness (QED) is 0.0789. The molecule has 0 radical (unpaired) electrons. The molecule has 0 bridgehead atoms. The smallest absolute Gasteiger partial charge is 0.305 e. The van der Waals surface area contributed by atoms with Gasteiger partial charge in [-0.05, 0) is 92.3 Å². The second-order valence-electron chi connectivity index (χ2n) is 18.5. The van der Waals surface area contributed by atoms with Gasteiger partial charge < -0.3 is 39.3 Å². The zero-order valence-electron chi connectivity index (χ0n) is 38.3. The van der Waals surface area contributed by atoms with Gasteiger partial charge in [0.1, 0.15) is 11.3 Å². The van der Waals surface area contributed by atoms with Gasteiger partial charge in [-0.2, -0.15) is 0 Å². The number of nitrogens with zero attached hydrogens (tertiary/aromatic N) is 4. The van der Waals surface area contributed by atoms with E-state index in [-0.39, 0.29) is 55.2 Å². The van der Waals surface area contributed by atoms with E-state index in [2.05, 4.69) is 54.5 Å². The summed E-state index contributed by atoms with van der Waals surface area (Å²) in [6.45, 7) is 9.06. The van der Waals surface area contributed by atoms with Gasteiger partial charge in [0.15, 0.2) is 5.60 Å². The predicted octanol–water partition coefficient (Wildman–Crippen LogP) is 5.95. The van der Waals surface area contributed by atoms with Gasteiger partial charge in [0.05, 0.1) is 53.8 Å². The monoisotopic (exact) mass is 901 g/mol. The Bertz CT molecular complexity index is 2340. The number of nitrogens with one attached hydrogen (secondary N) is 1. The summed E-state index contributed by atoms with van der Waals surface area (Å²) in [7, 11) is 0.376. The summed E-state index contributed by atoms with van der Waals surface area (Å²) in [5.41, 5.74) is 1.54. The zero-order valence-corrected chi connectivity index (χ0v) is 39.3. The summed E-state index contributed by atoms with van der Waals surface area (Å²) < 4.78 is 17.9. The first-order valence-electron chi connectivity index (χ1n) is 23.0. The molecule has 2 N–H and O–H groups in total. The molecule has 4 atom stereocenters. The summed E-state index contributed by atoms with van der Waals surface area (Å²) in [6.07, 6.45) is 1.96. The lowest BCUT2D eigenvalue weighted by molar-refractivity contribution is -0.149. The fraction of sp³-hybridized carbons (Fsp3) is 0.451. The summed E-state index contributed by atoms with van der Waals surface area (Å²) in [5, 5.41) is 14.8. The van der Waals surface area contributed by atoms with E-state index in [0.29, 0.717) is 62.4 Å². The Hall–Kier alpha value is -5.54. The summed E-state index contributed by atoms with van der Waals surface area (Å²) >= 11 is 0. The molecule has 0 saturated carbocycles. The highest BCUT2D eigenvalue weighted by molar-refractivity contribution is 6.91. The molecule has 0 unspecified atom stereocenters. The van der Waals surface area contributed by atoms with E-state index >= 15 is 4.79 Å². The van der Waals surface area contributed by atoms with Crippen LogP contribution in [0.2, 0.25) is 18.6 Å². The molecule has 3 fully saturated rings. The van der Waals surface area contributed by atoms with E-state index in [1.807, 2.05) is 83.8 Å². The van der Waals surface area contributed by atoms with Crippen LogP contribution in [-0.2, 0) is 40.8 Å². The van der Waals surface area contributed by atoms with Crippen LogP contribution in [0, 0.1) is 5.92 Å². The zero-order chi connectivity index (χ0) is 45.9. The number of para-hydroxylation sites is 1. The normalized spacial score (nSPS) is 22.5. The van der Waals surface area contributed by atoms with Crippen molar-refractivity contribution in [2.24, 2.45) is 5.92 Å². The Morgan fingerprint density at radius 2 is 1.58 bits per heavy atom. The lowest BCUT2D eigenvalue weighted by atomic mass is 9.82. The minimum atomic E-state index is -2.64. The van der Waals surface area contributed by atoms with Crippen LogP contribution in [0.5, 0.6) is 5.75 Å². The molecular weight excluding hydrogens is 839 g/mol. The number of unbranched alkanes of at least 4 members (excludes halogenated alkanes) is 1. The number of anilines is 3. The molecule has 8 rings (SSSR count). The van der Waals surface area contributed by atoms with Crippen LogP contribution in [0.4, 0.5) is 17.1 Å². The molecular formula is C51H63N5O8Si. The van der Waals surface area contributed by atoms with Crippen molar-refractivity contribution in [2.45, 2.75) is 87.9 Å². The van der Waals surface area contributed by atoms with Gasteiger partial charge in [0.25, 0.3) is 11.8 Å². The highest BCUT2D eigenvalue weighted by atomic mass is 28.3. The fourth-order valence-electron chi connectivity index (χ4n) is 11.2. The Kier molecular flexibility index (Phi) is 13.5. The molecule has 65 heavy (non-hydrogen) atoms. The Morgan fingerprint density at radius 3 is 2.25 bits per heavy atom. The fourth-order valence-corrected chi connectivity index (χ4v) is 15.2. The summed E-state index contributed by atoms with van der Waals surface area (Å²) in [6, 6.07) is 33.8. The second kappa shape index (κ2) is 19.1. The topological polar surface area (TPSA) is 141 Å². The molecule has 2 spiro atoms. The van der Waals surface area contributed by atoms with Crippen molar-refractivity contribution >= 4 is 54.0 Å². The highest BCUT2D eigenvalue weighted by Crippen LogP contribution is 2.60. The molecule has 4 aromatic rings. The van der Waals surface area contributed by atoms with Crippen LogP contribution in [0.25, 0.3) is 0 Å². The number of esters is 1. The van der Waals surface area contributed by atoms with Gasteiger partial charge in [0, 0.05) is 48.9 Å². The Labute approximate surface area is 383 Å². The number of rotatable bonds is 16. The van der Waals surface area contributed by atoms with E-state index in [0.717, 1.165) is 35.3 Å². The van der Waals surface area contributed by atoms with Gasteiger partial charge in [-0.15, -0.1) is 0 Å². The standard InChI is InChI=1S/C51H63N5O8Si/c1-36-47(65(4,5)41-22-20-40(62-2)21-23-41)44(33-45(58)53(30-31-57)34-37-14-8-6-9-15-37)64-51(36)42-32-39(19-24-43(42)54(49(51)61)29-13-12-18-46(59)63-3)55-35-56(38-16-10-7-11-17-38)50(48(55)60)25-27-52-28-26-50/h6-11,14-17,19-24,32,36,44,47,52,57H,12-13,18,25-31,33-35H2,1-5H3/t36-,44+,47-,51+/m0/s1. The molecule has 13 nitrogen and oxygen atoms in total. The number of fused-ring (bicyclic) bond motifs is 2. The number of aliphatic hydroxyl groups excluding tert-OH is 1. The van der Waals surface area contributed by atoms with Crippen LogP contribution < -0.4 is 29.9 Å². The third-order valence-corrected chi connectivity index (χ3v) is 19.0. The van der Waals surface area contributed by atoms with Crippen molar-refractivity contribution < 1.29 is 38.5 Å².